The quantitative estimate of drug-likeness (QED) is 0.884. The van der Waals surface area contributed by atoms with Gasteiger partial charge in [-0.05, 0) is 31.5 Å². The minimum absolute atomic E-state index is 0.0470. The SMILES string of the molecule is C[C@H]1CN(S(=O)(=O)c2cc3c(cc2Cl)NC(=O)C3)C[C@H](C)O1. The Kier molecular flexibility index (Phi) is 3.92. The van der Waals surface area contributed by atoms with Gasteiger partial charge in [-0.25, -0.2) is 8.42 Å². The summed E-state index contributed by atoms with van der Waals surface area (Å²) in [5, 5.41) is 2.78. The van der Waals surface area contributed by atoms with E-state index in [0.717, 1.165) is 0 Å². The van der Waals surface area contributed by atoms with E-state index in [1.807, 2.05) is 13.8 Å². The van der Waals surface area contributed by atoms with Gasteiger partial charge in [-0.1, -0.05) is 11.6 Å². The Morgan fingerprint density at radius 3 is 2.55 bits per heavy atom. The monoisotopic (exact) mass is 344 g/mol. The van der Waals surface area contributed by atoms with E-state index in [1.54, 1.807) is 0 Å². The molecule has 22 heavy (non-hydrogen) atoms. The number of carbonyl (C=O) groups excluding carboxylic acids is 1. The van der Waals surface area contributed by atoms with Crippen LogP contribution in [0.4, 0.5) is 5.69 Å². The van der Waals surface area contributed by atoms with Gasteiger partial charge < -0.3 is 10.1 Å². The van der Waals surface area contributed by atoms with Crippen molar-refractivity contribution in [2.75, 3.05) is 18.4 Å². The van der Waals surface area contributed by atoms with Gasteiger partial charge >= 0.3 is 0 Å². The third-order valence-electron chi connectivity index (χ3n) is 3.79. The number of hydrogen-bond acceptors (Lipinski definition) is 4. The van der Waals surface area contributed by atoms with Crippen LogP contribution in [0.25, 0.3) is 0 Å². The van der Waals surface area contributed by atoms with Gasteiger partial charge in [-0.15, -0.1) is 0 Å². The number of anilines is 1. The fraction of sp³-hybridized carbons (Fsp3) is 0.500. The molecule has 0 aliphatic carbocycles. The molecule has 0 aromatic heterocycles. The lowest BCUT2D eigenvalue weighted by atomic mass is 10.2. The third kappa shape index (κ3) is 2.74. The van der Waals surface area contributed by atoms with Gasteiger partial charge in [0.1, 0.15) is 4.90 Å². The number of benzene rings is 1. The minimum Gasteiger partial charge on any atom is -0.373 e. The molecule has 3 rings (SSSR count). The Morgan fingerprint density at radius 1 is 1.27 bits per heavy atom. The molecule has 0 unspecified atom stereocenters. The van der Waals surface area contributed by atoms with E-state index in [9.17, 15) is 13.2 Å². The molecular formula is C14H17ClN2O4S. The zero-order valence-corrected chi connectivity index (χ0v) is 13.9. The molecule has 0 bridgehead atoms. The highest BCUT2D eigenvalue weighted by Gasteiger charge is 2.34. The minimum atomic E-state index is -3.72. The molecule has 0 spiro atoms. The summed E-state index contributed by atoms with van der Waals surface area (Å²) in [6.07, 6.45) is -0.171. The van der Waals surface area contributed by atoms with Crippen LogP contribution in [0.2, 0.25) is 5.02 Å². The molecule has 1 aromatic rings. The second-order valence-corrected chi connectivity index (χ2v) is 8.06. The summed E-state index contributed by atoms with van der Waals surface area (Å²) in [5.74, 6) is -0.158. The average molecular weight is 345 g/mol. The number of fused-ring (bicyclic) bond motifs is 1. The van der Waals surface area contributed by atoms with E-state index < -0.39 is 10.0 Å². The Balaban J connectivity index is 1.99. The first kappa shape index (κ1) is 15.7. The molecule has 2 aliphatic heterocycles. The molecule has 1 saturated heterocycles. The lowest BCUT2D eigenvalue weighted by Gasteiger charge is -2.34. The molecule has 2 heterocycles. The fourth-order valence-corrected chi connectivity index (χ4v) is 5.03. The van der Waals surface area contributed by atoms with E-state index in [2.05, 4.69) is 5.32 Å². The molecular weight excluding hydrogens is 328 g/mol. The van der Waals surface area contributed by atoms with Crippen molar-refractivity contribution in [2.24, 2.45) is 0 Å². The Hall–Kier alpha value is -1.15. The highest BCUT2D eigenvalue weighted by molar-refractivity contribution is 7.89. The maximum Gasteiger partial charge on any atom is 0.244 e. The van der Waals surface area contributed by atoms with Crippen LogP contribution in [0.5, 0.6) is 0 Å². The molecule has 1 N–H and O–H groups in total. The normalized spacial score (nSPS) is 25.9. The van der Waals surface area contributed by atoms with E-state index in [-0.39, 0.29) is 47.5 Å². The first-order valence-electron chi connectivity index (χ1n) is 7.05. The average Bonchev–Trinajstić information content (AvgIpc) is 2.75. The van der Waals surface area contributed by atoms with Crippen LogP contribution in [0.15, 0.2) is 17.0 Å². The number of morpholine rings is 1. The summed E-state index contributed by atoms with van der Waals surface area (Å²) in [6, 6.07) is 3.00. The summed E-state index contributed by atoms with van der Waals surface area (Å²) in [5.41, 5.74) is 1.24. The van der Waals surface area contributed by atoms with Gasteiger partial charge in [0.15, 0.2) is 0 Å². The van der Waals surface area contributed by atoms with Crippen molar-refractivity contribution < 1.29 is 17.9 Å². The summed E-state index contributed by atoms with van der Waals surface area (Å²) in [4.78, 5) is 11.5. The van der Waals surface area contributed by atoms with Crippen LogP contribution >= 0.6 is 11.6 Å². The zero-order valence-electron chi connectivity index (χ0n) is 12.3. The van der Waals surface area contributed by atoms with Crippen molar-refractivity contribution in [3.8, 4) is 0 Å². The summed E-state index contributed by atoms with van der Waals surface area (Å²) < 4.78 is 32.7. The number of rotatable bonds is 2. The van der Waals surface area contributed by atoms with Gasteiger partial charge in [-0.3, -0.25) is 4.79 Å². The van der Waals surface area contributed by atoms with Crippen molar-refractivity contribution in [3.63, 3.8) is 0 Å². The molecule has 1 fully saturated rings. The number of hydrogen-bond donors (Lipinski definition) is 1. The zero-order chi connectivity index (χ0) is 16.1. The molecule has 8 heteroatoms. The Bertz CT molecular complexity index is 725. The van der Waals surface area contributed by atoms with E-state index >= 15 is 0 Å². The molecule has 0 saturated carbocycles. The second-order valence-electron chi connectivity index (χ2n) is 5.74. The molecule has 2 aliphatic rings. The smallest absolute Gasteiger partial charge is 0.244 e. The summed E-state index contributed by atoms with van der Waals surface area (Å²) >= 11 is 6.14. The molecule has 1 amide bonds. The number of amides is 1. The van der Waals surface area contributed by atoms with Gasteiger partial charge in [-0.2, -0.15) is 4.31 Å². The fourth-order valence-electron chi connectivity index (χ4n) is 2.89. The summed E-state index contributed by atoms with van der Waals surface area (Å²) in [6.45, 7) is 4.25. The van der Waals surface area contributed by atoms with Crippen LogP contribution in [-0.2, 0) is 26.0 Å². The standard InChI is InChI=1S/C14H17ClN2O4S/c1-8-6-17(7-9(2)21-8)22(19,20)13-3-10-4-14(18)16-12(10)5-11(13)15/h3,5,8-9H,4,6-7H2,1-2H3,(H,16,18)/t8-,9-/m0/s1. The predicted molar refractivity (Wildman–Crippen MR) is 82.6 cm³/mol. The van der Waals surface area contributed by atoms with Crippen molar-refractivity contribution >= 4 is 33.2 Å². The number of halogens is 1. The largest absolute Gasteiger partial charge is 0.373 e. The number of nitrogens with zero attached hydrogens (tertiary/aromatic N) is 1. The lowest BCUT2D eigenvalue weighted by Crippen LogP contribution is -2.48. The van der Waals surface area contributed by atoms with Crippen molar-refractivity contribution in [3.05, 3.63) is 22.7 Å². The highest BCUT2D eigenvalue weighted by atomic mass is 35.5. The van der Waals surface area contributed by atoms with Gasteiger partial charge in [0, 0.05) is 18.8 Å². The van der Waals surface area contributed by atoms with Crippen LogP contribution in [0.3, 0.4) is 0 Å². The lowest BCUT2D eigenvalue weighted by molar-refractivity contribution is -0.115. The molecule has 2 atom stereocenters. The van der Waals surface area contributed by atoms with E-state index in [0.29, 0.717) is 11.3 Å². The Morgan fingerprint density at radius 2 is 1.91 bits per heavy atom. The van der Waals surface area contributed by atoms with Crippen molar-refractivity contribution in [2.45, 2.75) is 37.4 Å². The number of carbonyl (C=O) groups is 1. The van der Waals surface area contributed by atoms with Crippen LogP contribution in [-0.4, -0.2) is 43.9 Å². The maximum atomic E-state index is 12.9. The van der Waals surface area contributed by atoms with E-state index in [1.165, 1.54) is 16.4 Å². The van der Waals surface area contributed by atoms with Gasteiger partial charge in [0.2, 0.25) is 15.9 Å². The summed E-state index contributed by atoms with van der Waals surface area (Å²) in [7, 11) is -3.72. The molecule has 120 valence electrons. The second kappa shape index (κ2) is 5.49. The first-order valence-corrected chi connectivity index (χ1v) is 8.87. The first-order chi connectivity index (χ1) is 10.3. The predicted octanol–water partition coefficient (Wildman–Crippen LogP) is 1.63. The maximum absolute atomic E-state index is 12.9. The van der Waals surface area contributed by atoms with Gasteiger partial charge in [0.25, 0.3) is 0 Å². The Labute approximate surface area is 134 Å². The van der Waals surface area contributed by atoms with Crippen LogP contribution in [0, 0.1) is 0 Å². The van der Waals surface area contributed by atoms with E-state index in [4.69, 9.17) is 16.3 Å². The molecule has 1 aromatic carbocycles. The van der Waals surface area contributed by atoms with Crippen LogP contribution < -0.4 is 5.32 Å². The number of sulfonamides is 1. The molecule has 6 nitrogen and oxygen atoms in total. The van der Waals surface area contributed by atoms with Crippen molar-refractivity contribution in [1.29, 1.82) is 0 Å². The number of ether oxygens (including phenoxy) is 1. The topological polar surface area (TPSA) is 75.7 Å². The highest BCUT2D eigenvalue weighted by Crippen LogP contribution is 2.34. The number of nitrogens with one attached hydrogen (secondary N) is 1. The van der Waals surface area contributed by atoms with Gasteiger partial charge in [0.05, 0.1) is 23.7 Å². The van der Waals surface area contributed by atoms with Crippen LogP contribution in [0.1, 0.15) is 19.4 Å². The van der Waals surface area contributed by atoms with Crippen molar-refractivity contribution in [1.82, 2.24) is 4.31 Å². The molecule has 0 radical (unpaired) electrons. The third-order valence-corrected chi connectivity index (χ3v) is 6.08.